The molecule has 2 aromatic heterocycles. The van der Waals surface area contributed by atoms with Crippen LogP contribution in [0.3, 0.4) is 0 Å². The third kappa shape index (κ3) is 5.85. The van der Waals surface area contributed by atoms with Crippen molar-refractivity contribution in [3.8, 4) is 11.6 Å². The van der Waals surface area contributed by atoms with Crippen LogP contribution in [0.4, 0.5) is 4.39 Å². The van der Waals surface area contributed by atoms with Gasteiger partial charge in [0, 0.05) is 18.8 Å². The lowest BCUT2D eigenvalue weighted by Crippen LogP contribution is -2.36. The predicted octanol–water partition coefficient (Wildman–Crippen LogP) is 3.86. The number of pyridine rings is 1. The van der Waals surface area contributed by atoms with E-state index in [0.29, 0.717) is 30.7 Å². The van der Waals surface area contributed by atoms with Gasteiger partial charge < -0.3 is 19.8 Å². The number of hydrogen-bond donors (Lipinski definition) is 2. The van der Waals surface area contributed by atoms with Gasteiger partial charge >= 0.3 is 0 Å². The summed E-state index contributed by atoms with van der Waals surface area (Å²) in [7, 11) is 0. The number of nitrogens with one attached hydrogen (secondary N) is 2. The van der Waals surface area contributed by atoms with E-state index in [0.717, 1.165) is 17.9 Å². The van der Waals surface area contributed by atoms with Crippen molar-refractivity contribution in [2.24, 2.45) is 4.99 Å². The molecule has 2 heterocycles. The molecule has 0 unspecified atom stereocenters. The van der Waals surface area contributed by atoms with Crippen molar-refractivity contribution in [3.63, 3.8) is 0 Å². The predicted molar refractivity (Wildman–Crippen MR) is 101 cm³/mol. The van der Waals surface area contributed by atoms with Crippen molar-refractivity contribution >= 4 is 5.96 Å². The summed E-state index contributed by atoms with van der Waals surface area (Å²) in [5.41, 5.74) is 0.942. The fourth-order valence-electron chi connectivity index (χ4n) is 2.32. The van der Waals surface area contributed by atoms with Gasteiger partial charge in [0.05, 0.1) is 19.4 Å². The molecule has 0 spiro atoms. The molecule has 0 aliphatic heterocycles. The first-order chi connectivity index (χ1) is 13.2. The van der Waals surface area contributed by atoms with E-state index in [4.69, 9.17) is 9.15 Å². The van der Waals surface area contributed by atoms with Gasteiger partial charge in [0.15, 0.2) is 5.96 Å². The molecule has 7 heteroatoms. The Balaban J connectivity index is 1.62. The Bertz CT molecular complexity index is 864. The number of ether oxygens (including phenoxy) is 1. The Hall–Kier alpha value is -3.35. The lowest BCUT2D eigenvalue weighted by Gasteiger charge is -2.10. The fourth-order valence-corrected chi connectivity index (χ4v) is 2.32. The van der Waals surface area contributed by atoms with Gasteiger partial charge in [-0.1, -0.05) is 0 Å². The molecule has 1 aromatic carbocycles. The minimum absolute atomic E-state index is 0.309. The van der Waals surface area contributed by atoms with E-state index in [1.807, 2.05) is 31.2 Å². The molecule has 0 bridgehead atoms. The van der Waals surface area contributed by atoms with Crippen LogP contribution < -0.4 is 15.4 Å². The monoisotopic (exact) mass is 368 g/mol. The maximum atomic E-state index is 13.0. The Morgan fingerprint density at radius 2 is 2.04 bits per heavy atom. The summed E-state index contributed by atoms with van der Waals surface area (Å²) in [5.74, 6) is 2.17. The molecule has 0 amide bonds. The van der Waals surface area contributed by atoms with Crippen molar-refractivity contribution in [1.29, 1.82) is 0 Å². The number of halogens is 1. The first-order valence-corrected chi connectivity index (χ1v) is 8.66. The second-order valence-corrected chi connectivity index (χ2v) is 5.69. The van der Waals surface area contributed by atoms with E-state index < -0.39 is 0 Å². The Kier molecular flexibility index (Phi) is 6.40. The van der Waals surface area contributed by atoms with Crippen LogP contribution in [0, 0.1) is 5.82 Å². The highest BCUT2D eigenvalue weighted by Crippen LogP contribution is 2.20. The molecule has 0 fully saturated rings. The van der Waals surface area contributed by atoms with Gasteiger partial charge in [-0.25, -0.2) is 14.4 Å². The molecule has 27 heavy (non-hydrogen) atoms. The van der Waals surface area contributed by atoms with Crippen LogP contribution >= 0.6 is 0 Å². The molecule has 0 atom stereocenters. The SMILES string of the molecule is CCNC(=NCc1ccnc(Oc2ccc(F)cc2)c1)NCc1ccco1. The van der Waals surface area contributed by atoms with Gasteiger partial charge in [0.25, 0.3) is 0 Å². The van der Waals surface area contributed by atoms with Crippen LogP contribution in [-0.2, 0) is 13.1 Å². The lowest BCUT2D eigenvalue weighted by atomic mass is 10.2. The Morgan fingerprint density at radius 1 is 1.19 bits per heavy atom. The second kappa shape index (κ2) is 9.38. The van der Waals surface area contributed by atoms with E-state index in [2.05, 4.69) is 20.6 Å². The van der Waals surface area contributed by atoms with Crippen molar-refractivity contribution < 1.29 is 13.5 Å². The minimum atomic E-state index is -0.309. The van der Waals surface area contributed by atoms with Crippen molar-refractivity contribution in [2.45, 2.75) is 20.0 Å². The van der Waals surface area contributed by atoms with Crippen LogP contribution in [0.25, 0.3) is 0 Å². The van der Waals surface area contributed by atoms with Crippen molar-refractivity contribution in [1.82, 2.24) is 15.6 Å². The number of aliphatic imine (C=N–C) groups is 1. The van der Waals surface area contributed by atoms with Crippen molar-refractivity contribution in [3.05, 3.63) is 78.1 Å². The molecule has 0 aliphatic rings. The second-order valence-electron chi connectivity index (χ2n) is 5.69. The van der Waals surface area contributed by atoms with Gasteiger partial charge in [-0.05, 0) is 55.0 Å². The summed E-state index contributed by atoms with van der Waals surface area (Å²) in [6, 6.07) is 13.2. The molecule has 2 N–H and O–H groups in total. The number of hydrogen-bond acceptors (Lipinski definition) is 4. The molecule has 3 aromatic rings. The number of guanidine groups is 1. The molecular formula is C20H21FN4O2. The Morgan fingerprint density at radius 3 is 2.78 bits per heavy atom. The molecule has 6 nitrogen and oxygen atoms in total. The summed E-state index contributed by atoms with van der Waals surface area (Å²) in [6.07, 6.45) is 3.30. The zero-order chi connectivity index (χ0) is 18.9. The first kappa shape index (κ1) is 18.4. The molecule has 0 saturated carbocycles. The molecule has 3 rings (SSSR count). The average Bonchev–Trinajstić information content (AvgIpc) is 3.20. The maximum absolute atomic E-state index is 13.0. The maximum Gasteiger partial charge on any atom is 0.219 e. The Labute approximate surface area is 157 Å². The fraction of sp³-hybridized carbons (Fsp3) is 0.200. The molecule has 0 aliphatic carbocycles. The standard InChI is InChI=1S/C20H21FN4O2/c1-2-22-20(25-14-18-4-3-11-26-18)24-13-15-9-10-23-19(12-15)27-17-7-5-16(21)6-8-17/h3-12H,2,13-14H2,1H3,(H2,22,24,25). The number of aromatic nitrogens is 1. The highest BCUT2D eigenvalue weighted by Gasteiger charge is 2.03. The van der Waals surface area contributed by atoms with Crippen LogP contribution in [0.1, 0.15) is 18.2 Å². The largest absolute Gasteiger partial charge is 0.467 e. The van der Waals surface area contributed by atoms with Gasteiger partial charge in [-0.2, -0.15) is 0 Å². The van der Waals surface area contributed by atoms with Crippen LogP contribution in [-0.4, -0.2) is 17.5 Å². The number of rotatable bonds is 7. The number of furan rings is 1. The highest BCUT2D eigenvalue weighted by molar-refractivity contribution is 5.79. The third-order valence-electron chi connectivity index (χ3n) is 3.61. The van der Waals surface area contributed by atoms with Crippen LogP contribution in [0.2, 0.25) is 0 Å². The zero-order valence-corrected chi connectivity index (χ0v) is 15.0. The normalized spacial score (nSPS) is 11.3. The van der Waals surface area contributed by atoms with Crippen LogP contribution in [0.5, 0.6) is 11.6 Å². The van der Waals surface area contributed by atoms with Gasteiger partial charge in [-0.3, -0.25) is 0 Å². The summed E-state index contributed by atoms with van der Waals surface area (Å²) < 4.78 is 23.9. The smallest absolute Gasteiger partial charge is 0.219 e. The lowest BCUT2D eigenvalue weighted by molar-refractivity contribution is 0.460. The van der Waals surface area contributed by atoms with E-state index in [1.165, 1.54) is 12.1 Å². The number of nitrogens with zero attached hydrogens (tertiary/aromatic N) is 2. The van der Waals surface area contributed by atoms with Gasteiger partial charge in [0.1, 0.15) is 17.3 Å². The third-order valence-corrected chi connectivity index (χ3v) is 3.61. The van der Waals surface area contributed by atoms with E-state index >= 15 is 0 Å². The number of benzene rings is 1. The minimum Gasteiger partial charge on any atom is -0.467 e. The van der Waals surface area contributed by atoms with Gasteiger partial charge in [0.2, 0.25) is 5.88 Å². The average molecular weight is 368 g/mol. The van der Waals surface area contributed by atoms with E-state index in [9.17, 15) is 4.39 Å². The zero-order valence-electron chi connectivity index (χ0n) is 15.0. The van der Waals surface area contributed by atoms with Gasteiger partial charge in [-0.15, -0.1) is 0 Å². The topological polar surface area (TPSA) is 71.7 Å². The highest BCUT2D eigenvalue weighted by atomic mass is 19.1. The summed E-state index contributed by atoms with van der Waals surface area (Å²) in [6.45, 7) is 3.76. The molecule has 140 valence electrons. The molecular weight excluding hydrogens is 347 g/mol. The summed E-state index contributed by atoms with van der Waals surface area (Å²) in [5, 5.41) is 6.41. The van der Waals surface area contributed by atoms with Crippen LogP contribution in [0.15, 0.2) is 70.4 Å². The molecule has 0 radical (unpaired) electrons. The van der Waals surface area contributed by atoms with Crippen molar-refractivity contribution in [2.75, 3.05) is 6.54 Å². The summed E-state index contributed by atoms with van der Waals surface area (Å²) >= 11 is 0. The first-order valence-electron chi connectivity index (χ1n) is 8.66. The van der Waals surface area contributed by atoms with E-state index in [-0.39, 0.29) is 5.82 Å². The van der Waals surface area contributed by atoms with E-state index in [1.54, 1.807) is 24.6 Å². The quantitative estimate of drug-likeness (QED) is 0.489. The summed E-state index contributed by atoms with van der Waals surface area (Å²) in [4.78, 5) is 8.75. The molecule has 0 saturated heterocycles.